The van der Waals surface area contributed by atoms with E-state index in [-0.39, 0.29) is 5.56 Å². The quantitative estimate of drug-likeness (QED) is 0.931. The van der Waals surface area contributed by atoms with E-state index in [1.165, 1.54) is 6.92 Å². The number of benzene rings is 2. The highest BCUT2D eigenvalue weighted by atomic mass is 19.1. The number of aliphatic hydroxyl groups is 1. The van der Waals surface area contributed by atoms with Gasteiger partial charge in [-0.15, -0.1) is 0 Å². The summed E-state index contributed by atoms with van der Waals surface area (Å²) in [5.74, 6) is -0.723. The summed E-state index contributed by atoms with van der Waals surface area (Å²) in [7, 11) is 1.57. The topological polar surface area (TPSA) is 29.5 Å². The monoisotopic (exact) mass is 292 g/mol. The van der Waals surface area contributed by atoms with Gasteiger partial charge in [0, 0.05) is 6.07 Å². The molecule has 0 aliphatic rings. The average molecular weight is 292 g/mol. The van der Waals surface area contributed by atoms with Gasteiger partial charge < -0.3 is 9.84 Å². The van der Waals surface area contributed by atoms with Gasteiger partial charge in [-0.3, -0.25) is 0 Å². The van der Waals surface area contributed by atoms with Crippen molar-refractivity contribution in [1.29, 1.82) is 0 Å². The summed E-state index contributed by atoms with van der Waals surface area (Å²) in [5, 5.41) is 10.8. The molecule has 0 aliphatic heterocycles. The van der Waals surface area contributed by atoms with E-state index in [1.807, 2.05) is 13.8 Å². The van der Waals surface area contributed by atoms with Gasteiger partial charge in [0.15, 0.2) is 0 Å². The Morgan fingerprint density at radius 1 is 0.952 bits per heavy atom. The van der Waals surface area contributed by atoms with E-state index in [2.05, 4.69) is 0 Å². The highest BCUT2D eigenvalue weighted by Gasteiger charge is 2.29. The van der Waals surface area contributed by atoms with E-state index in [0.717, 1.165) is 29.3 Å². The summed E-state index contributed by atoms with van der Waals surface area (Å²) in [6.07, 6.45) is 0. The molecule has 1 unspecified atom stereocenters. The molecule has 0 aromatic heterocycles. The number of ether oxygens (including phenoxy) is 1. The third kappa shape index (κ3) is 2.90. The number of hydrogen-bond donors (Lipinski definition) is 1. The Hall–Kier alpha value is -1.94. The summed E-state index contributed by atoms with van der Waals surface area (Å²) in [4.78, 5) is 0. The summed E-state index contributed by atoms with van der Waals surface area (Å²) in [6, 6.07) is 6.64. The largest absolute Gasteiger partial charge is 0.496 e. The van der Waals surface area contributed by atoms with E-state index in [1.54, 1.807) is 19.2 Å². The SMILES string of the molecule is COc1cc(C)c(C(C)(O)c2cc(F)cc(F)c2)cc1C. The van der Waals surface area contributed by atoms with Crippen molar-refractivity contribution in [2.75, 3.05) is 7.11 Å². The molecule has 0 fully saturated rings. The summed E-state index contributed by atoms with van der Waals surface area (Å²) < 4.78 is 32.0. The molecule has 2 nitrogen and oxygen atoms in total. The van der Waals surface area contributed by atoms with Crippen molar-refractivity contribution in [2.45, 2.75) is 26.4 Å². The van der Waals surface area contributed by atoms with Gasteiger partial charge in [-0.05, 0) is 67.3 Å². The van der Waals surface area contributed by atoms with Crippen LogP contribution in [-0.4, -0.2) is 12.2 Å². The van der Waals surface area contributed by atoms with Gasteiger partial charge >= 0.3 is 0 Å². The molecule has 0 aliphatic carbocycles. The van der Waals surface area contributed by atoms with Gasteiger partial charge in [-0.1, -0.05) is 0 Å². The van der Waals surface area contributed by atoms with E-state index >= 15 is 0 Å². The zero-order valence-corrected chi connectivity index (χ0v) is 12.5. The highest BCUT2D eigenvalue weighted by molar-refractivity contribution is 5.47. The molecule has 0 amide bonds. The number of halogens is 2. The Labute approximate surface area is 123 Å². The van der Waals surface area contributed by atoms with Crippen molar-refractivity contribution in [1.82, 2.24) is 0 Å². The standard InChI is InChI=1S/C17H18F2O2/c1-10-6-16(21-4)11(2)5-15(10)17(3,20)12-7-13(18)9-14(19)8-12/h5-9,20H,1-4H3. The van der Waals surface area contributed by atoms with Crippen LogP contribution in [-0.2, 0) is 5.60 Å². The maximum absolute atomic E-state index is 13.4. The normalized spacial score (nSPS) is 13.9. The second-order valence-electron chi connectivity index (χ2n) is 5.37. The van der Waals surface area contributed by atoms with Crippen molar-refractivity contribution >= 4 is 0 Å². The zero-order chi connectivity index (χ0) is 15.8. The molecule has 0 spiro atoms. The summed E-state index contributed by atoms with van der Waals surface area (Å²) in [6.45, 7) is 5.20. The molecule has 1 atom stereocenters. The van der Waals surface area contributed by atoms with Crippen molar-refractivity contribution in [3.63, 3.8) is 0 Å². The van der Waals surface area contributed by atoms with Crippen molar-refractivity contribution in [3.8, 4) is 5.75 Å². The maximum atomic E-state index is 13.4. The fourth-order valence-corrected chi connectivity index (χ4v) is 2.52. The lowest BCUT2D eigenvalue weighted by Gasteiger charge is -2.27. The number of aryl methyl sites for hydroxylation is 2. The Bertz CT molecular complexity index is 658. The smallest absolute Gasteiger partial charge is 0.126 e. The minimum absolute atomic E-state index is 0.174. The Balaban J connectivity index is 2.60. The Kier molecular flexibility index (Phi) is 4.01. The minimum atomic E-state index is -1.50. The first kappa shape index (κ1) is 15.4. The van der Waals surface area contributed by atoms with Gasteiger partial charge in [0.2, 0.25) is 0 Å². The van der Waals surface area contributed by atoms with Crippen molar-refractivity contribution < 1.29 is 18.6 Å². The molecular weight excluding hydrogens is 274 g/mol. The molecule has 2 aromatic rings. The predicted octanol–water partition coefficient (Wildman–Crippen LogP) is 3.85. The first-order chi connectivity index (χ1) is 9.75. The highest BCUT2D eigenvalue weighted by Crippen LogP contribution is 2.35. The molecule has 2 rings (SSSR count). The van der Waals surface area contributed by atoms with Gasteiger partial charge in [-0.25, -0.2) is 8.78 Å². The molecule has 0 saturated heterocycles. The first-order valence-corrected chi connectivity index (χ1v) is 6.60. The second-order valence-corrected chi connectivity index (χ2v) is 5.37. The van der Waals surface area contributed by atoms with Crippen LogP contribution in [0.2, 0.25) is 0 Å². The van der Waals surface area contributed by atoms with Crippen LogP contribution in [0.25, 0.3) is 0 Å². The molecule has 0 saturated carbocycles. The maximum Gasteiger partial charge on any atom is 0.126 e. The van der Waals surface area contributed by atoms with E-state index in [4.69, 9.17) is 4.74 Å². The number of hydrogen-bond acceptors (Lipinski definition) is 2. The average Bonchev–Trinajstić information content (AvgIpc) is 2.39. The zero-order valence-electron chi connectivity index (χ0n) is 12.5. The first-order valence-electron chi connectivity index (χ1n) is 6.60. The molecule has 4 heteroatoms. The number of rotatable bonds is 3. The van der Waals surface area contributed by atoms with E-state index in [0.29, 0.717) is 11.3 Å². The lowest BCUT2D eigenvalue weighted by atomic mass is 9.84. The lowest BCUT2D eigenvalue weighted by molar-refractivity contribution is 0.101. The predicted molar refractivity (Wildman–Crippen MR) is 77.5 cm³/mol. The fourth-order valence-electron chi connectivity index (χ4n) is 2.52. The molecule has 0 bridgehead atoms. The van der Waals surface area contributed by atoms with Crippen LogP contribution in [0.1, 0.15) is 29.2 Å². The van der Waals surface area contributed by atoms with Crippen LogP contribution in [0, 0.1) is 25.5 Å². The second kappa shape index (κ2) is 5.45. The summed E-state index contributed by atoms with van der Waals surface area (Å²) >= 11 is 0. The van der Waals surface area contributed by atoms with E-state index < -0.39 is 17.2 Å². The fraction of sp³-hybridized carbons (Fsp3) is 0.294. The molecule has 2 aromatic carbocycles. The molecule has 0 radical (unpaired) electrons. The third-order valence-electron chi connectivity index (χ3n) is 3.69. The molecule has 21 heavy (non-hydrogen) atoms. The number of methoxy groups -OCH3 is 1. The summed E-state index contributed by atoms with van der Waals surface area (Å²) in [5.41, 5.74) is 0.894. The van der Waals surface area contributed by atoms with Crippen LogP contribution in [0.3, 0.4) is 0 Å². The Morgan fingerprint density at radius 2 is 1.52 bits per heavy atom. The van der Waals surface area contributed by atoms with Crippen LogP contribution >= 0.6 is 0 Å². The van der Waals surface area contributed by atoms with Gasteiger partial charge in [0.25, 0.3) is 0 Å². The van der Waals surface area contributed by atoms with Crippen molar-refractivity contribution in [3.05, 3.63) is 64.2 Å². The van der Waals surface area contributed by atoms with E-state index in [9.17, 15) is 13.9 Å². The van der Waals surface area contributed by atoms with Crippen LogP contribution in [0.15, 0.2) is 30.3 Å². The van der Waals surface area contributed by atoms with Crippen LogP contribution in [0.5, 0.6) is 5.75 Å². The molecule has 0 heterocycles. The van der Waals surface area contributed by atoms with Crippen LogP contribution < -0.4 is 4.74 Å². The van der Waals surface area contributed by atoms with Crippen LogP contribution in [0.4, 0.5) is 8.78 Å². The van der Waals surface area contributed by atoms with Gasteiger partial charge in [0.05, 0.1) is 7.11 Å². The van der Waals surface area contributed by atoms with Gasteiger partial charge in [0.1, 0.15) is 23.0 Å². The molecule has 1 N–H and O–H groups in total. The van der Waals surface area contributed by atoms with Gasteiger partial charge in [-0.2, -0.15) is 0 Å². The molecule has 112 valence electrons. The Morgan fingerprint density at radius 3 is 2.05 bits per heavy atom. The molecular formula is C17H18F2O2. The minimum Gasteiger partial charge on any atom is -0.496 e. The lowest BCUT2D eigenvalue weighted by Crippen LogP contribution is -2.24. The van der Waals surface area contributed by atoms with Crippen molar-refractivity contribution in [2.24, 2.45) is 0 Å². The third-order valence-corrected chi connectivity index (χ3v) is 3.69.